The van der Waals surface area contributed by atoms with Gasteiger partial charge in [0, 0.05) is 13.1 Å². The predicted molar refractivity (Wildman–Crippen MR) is 64.8 cm³/mol. The highest BCUT2D eigenvalue weighted by molar-refractivity contribution is 6.99. The monoisotopic (exact) mass is 245 g/mol. The van der Waals surface area contributed by atoms with Crippen molar-refractivity contribution < 1.29 is 0 Å². The Morgan fingerprint density at radius 2 is 2.07 bits per heavy atom. The molecule has 84 valence electrons. The highest BCUT2D eigenvalue weighted by Crippen LogP contribution is 2.36. The lowest BCUT2D eigenvalue weighted by atomic mass is 9.78. The summed E-state index contributed by atoms with van der Waals surface area (Å²) in [6.45, 7) is 6.74. The van der Waals surface area contributed by atoms with E-state index in [0.717, 1.165) is 18.9 Å². The quantitative estimate of drug-likeness (QED) is 0.801. The Labute approximate surface area is 99.8 Å². The van der Waals surface area contributed by atoms with E-state index in [0.29, 0.717) is 10.6 Å². The number of halogens is 1. The van der Waals surface area contributed by atoms with Crippen molar-refractivity contribution in [1.29, 1.82) is 0 Å². The number of rotatable bonds is 2. The lowest BCUT2D eigenvalue weighted by Crippen LogP contribution is -2.38. The van der Waals surface area contributed by atoms with E-state index in [1.165, 1.54) is 31.0 Å². The molecule has 0 saturated carbocycles. The van der Waals surface area contributed by atoms with E-state index < -0.39 is 0 Å². The molecule has 1 aliphatic heterocycles. The first-order valence-corrected chi connectivity index (χ1v) is 6.48. The minimum atomic E-state index is 0.506. The van der Waals surface area contributed by atoms with Crippen LogP contribution in [0.1, 0.15) is 33.1 Å². The van der Waals surface area contributed by atoms with Crippen molar-refractivity contribution in [2.45, 2.75) is 33.1 Å². The molecule has 0 bridgehead atoms. The number of anilines is 1. The summed E-state index contributed by atoms with van der Waals surface area (Å²) >= 11 is 7.17. The summed E-state index contributed by atoms with van der Waals surface area (Å²) in [6.07, 6.45) is 3.69. The lowest BCUT2D eigenvalue weighted by molar-refractivity contribution is 0.238. The zero-order chi connectivity index (χ0) is 10.9. The van der Waals surface area contributed by atoms with Gasteiger partial charge in [-0.25, -0.2) is 0 Å². The average molecular weight is 246 g/mol. The predicted octanol–water partition coefficient (Wildman–Crippen LogP) is 3.21. The van der Waals surface area contributed by atoms with E-state index in [9.17, 15) is 0 Å². The van der Waals surface area contributed by atoms with Gasteiger partial charge < -0.3 is 4.90 Å². The molecule has 1 saturated heterocycles. The summed E-state index contributed by atoms with van der Waals surface area (Å²) in [6, 6.07) is 0. The first kappa shape index (κ1) is 11.1. The largest absolute Gasteiger partial charge is 0.353 e. The number of hydrogen-bond donors (Lipinski definition) is 0. The Morgan fingerprint density at radius 1 is 1.40 bits per heavy atom. The van der Waals surface area contributed by atoms with E-state index in [1.807, 2.05) is 0 Å². The third kappa shape index (κ3) is 2.26. The fraction of sp³-hybridized carbons (Fsp3) is 0.800. The maximum Gasteiger partial charge on any atom is 0.187 e. The van der Waals surface area contributed by atoms with Gasteiger partial charge in [0.1, 0.15) is 0 Å². The Morgan fingerprint density at radius 3 is 2.53 bits per heavy atom. The summed E-state index contributed by atoms with van der Waals surface area (Å²) in [5.74, 6) is 0.875. The minimum Gasteiger partial charge on any atom is -0.353 e. The first-order chi connectivity index (χ1) is 7.14. The Kier molecular flexibility index (Phi) is 3.16. The van der Waals surface area contributed by atoms with Crippen molar-refractivity contribution in [3.63, 3.8) is 0 Å². The Balaban J connectivity index is 2.03. The summed E-state index contributed by atoms with van der Waals surface area (Å²) in [4.78, 5) is 2.25. The molecule has 1 aliphatic rings. The standard InChI is InChI=1S/C10H16ClN3S/c1-3-10(2)4-6-14(7-5-10)9-8(11)12-15-13-9/h3-7H2,1-2H3. The first-order valence-electron chi connectivity index (χ1n) is 5.38. The SMILES string of the molecule is CCC1(C)CCN(c2nsnc2Cl)CC1. The average Bonchev–Trinajstić information content (AvgIpc) is 2.66. The zero-order valence-corrected chi connectivity index (χ0v) is 10.7. The third-order valence-corrected chi connectivity index (χ3v) is 4.43. The highest BCUT2D eigenvalue weighted by atomic mass is 35.5. The third-order valence-electron chi connectivity index (χ3n) is 3.56. The second-order valence-electron chi connectivity index (χ2n) is 4.53. The van der Waals surface area contributed by atoms with Crippen molar-refractivity contribution in [3.05, 3.63) is 5.15 Å². The van der Waals surface area contributed by atoms with Crippen molar-refractivity contribution in [2.24, 2.45) is 5.41 Å². The van der Waals surface area contributed by atoms with E-state index >= 15 is 0 Å². The van der Waals surface area contributed by atoms with Gasteiger partial charge >= 0.3 is 0 Å². The molecule has 1 fully saturated rings. The van der Waals surface area contributed by atoms with Gasteiger partial charge in [-0.15, -0.1) is 0 Å². The summed E-state index contributed by atoms with van der Waals surface area (Å²) < 4.78 is 8.24. The normalized spacial score (nSPS) is 20.6. The van der Waals surface area contributed by atoms with Crippen LogP contribution in [0.4, 0.5) is 5.82 Å². The number of nitrogens with zero attached hydrogens (tertiary/aromatic N) is 3. The van der Waals surface area contributed by atoms with Crippen LogP contribution < -0.4 is 4.90 Å². The molecule has 3 nitrogen and oxygen atoms in total. The van der Waals surface area contributed by atoms with Crippen LogP contribution in [0.15, 0.2) is 0 Å². The lowest BCUT2D eigenvalue weighted by Gasteiger charge is -2.38. The highest BCUT2D eigenvalue weighted by Gasteiger charge is 2.29. The minimum absolute atomic E-state index is 0.506. The molecule has 2 heterocycles. The van der Waals surface area contributed by atoms with E-state index in [4.69, 9.17) is 11.6 Å². The summed E-state index contributed by atoms with van der Waals surface area (Å²) in [7, 11) is 0. The van der Waals surface area contributed by atoms with Crippen molar-refractivity contribution in [2.75, 3.05) is 18.0 Å². The van der Waals surface area contributed by atoms with Gasteiger partial charge in [0.05, 0.1) is 11.7 Å². The molecule has 0 spiro atoms. The van der Waals surface area contributed by atoms with Crippen LogP contribution in [0.25, 0.3) is 0 Å². The molecule has 0 radical (unpaired) electrons. The van der Waals surface area contributed by atoms with Crippen LogP contribution in [0.3, 0.4) is 0 Å². The maximum absolute atomic E-state index is 5.97. The molecule has 1 aromatic heterocycles. The van der Waals surface area contributed by atoms with Gasteiger partial charge in [-0.05, 0) is 18.3 Å². The van der Waals surface area contributed by atoms with Crippen LogP contribution in [0.5, 0.6) is 0 Å². The molecule has 0 amide bonds. The molecule has 0 atom stereocenters. The van der Waals surface area contributed by atoms with Gasteiger partial charge in [-0.1, -0.05) is 31.9 Å². The number of aromatic nitrogens is 2. The maximum atomic E-state index is 5.97. The van der Waals surface area contributed by atoms with Crippen molar-refractivity contribution in [1.82, 2.24) is 8.75 Å². The number of piperidine rings is 1. The topological polar surface area (TPSA) is 29.0 Å². The van der Waals surface area contributed by atoms with Gasteiger partial charge in [0.15, 0.2) is 11.0 Å². The molecule has 0 N–H and O–H groups in total. The van der Waals surface area contributed by atoms with Crippen LogP contribution in [-0.2, 0) is 0 Å². The van der Waals surface area contributed by atoms with E-state index in [-0.39, 0.29) is 0 Å². The second kappa shape index (κ2) is 4.26. The van der Waals surface area contributed by atoms with Gasteiger partial charge in [0.25, 0.3) is 0 Å². The molecule has 0 unspecified atom stereocenters. The smallest absolute Gasteiger partial charge is 0.187 e. The Hall–Kier alpha value is -0.350. The fourth-order valence-corrected chi connectivity index (χ4v) is 2.75. The van der Waals surface area contributed by atoms with Gasteiger partial charge in [-0.2, -0.15) is 8.75 Å². The molecule has 2 rings (SSSR count). The number of hydrogen-bond acceptors (Lipinski definition) is 4. The molecule has 0 aliphatic carbocycles. The molecular formula is C10H16ClN3S. The summed E-state index contributed by atoms with van der Waals surface area (Å²) in [5, 5.41) is 0.556. The molecule has 1 aromatic rings. The second-order valence-corrected chi connectivity index (χ2v) is 5.42. The van der Waals surface area contributed by atoms with Crippen LogP contribution in [-0.4, -0.2) is 21.8 Å². The fourth-order valence-electron chi connectivity index (χ4n) is 1.97. The molecule has 0 aromatic carbocycles. The van der Waals surface area contributed by atoms with Crippen LogP contribution in [0.2, 0.25) is 5.15 Å². The molecular weight excluding hydrogens is 230 g/mol. The van der Waals surface area contributed by atoms with E-state index in [2.05, 4.69) is 27.5 Å². The van der Waals surface area contributed by atoms with Gasteiger partial charge in [-0.3, -0.25) is 0 Å². The Bertz CT molecular complexity index is 331. The zero-order valence-electron chi connectivity index (χ0n) is 9.16. The van der Waals surface area contributed by atoms with Crippen LogP contribution >= 0.6 is 23.3 Å². The van der Waals surface area contributed by atoms with Crippen molar-refractivity contribution >= 4 is 29.1 Å². The molecule has 15 heavy (non-hydrogen) atoms. The van der Waals surface area contributed by atoms with Gasteiger partial charge in [0.2, 0.25) is 0 Å². The summed E-state index contributed by atoms with van der Waals surface area (Å²) in [5.41, 5.74) is 0.506. The molecule has 5 heteroatoms. The van der Waals surface area contributed by atoms with Crippen LogP contribution in [0, 0.1) is 5.41 Å². The van der Waals surface area contributed by atoms with E-state index in [1.54, 1.807) is 0 Å². The van der Waals surface area contributed by atoms with Crippen molar-refractivity contribution in [3.8, 4) is 0 Å².